The first-order valence-corrected chi connectivity index (χ1v) is 4.58. The summed E-state index contributed by atoms with van der Waals surface area (Å²) >= 11 is 5.03. The molecule has 0 aliphatic heterocycles. The molecule has 0 rings (SSSR count). The van der Waals surface area contributed by atoms with Crippen molar-refractivity contribution >= 4 is 17.2 Å². The van der Waals surface area contributed by atoms with E-state index >= 15 is 0 Å². The third kappa shape index (κ3) is 5.16. The van der Waals surface area contributed by atoms with Gasteiger partial charge in [-0.05, 0) is 13.1 Å². The summed E-state index contributed by atoms with van der Waals surface area (Å²) in [6.07, 6.45) is 0.980. The zero-order valence-corrected chi connectivity index (χ0v) is 8.50. The quantitative estimate of drug-likeness (QED) is 0.632. The van der Waals surface area contributed by atoms with Crippen LogP contribution in [0, 0.1) is 0 Å². The minimum Gasteiger partial charge on any atom is -0.383 e. The topological polar surface area (TPSA) is 15.3 Å². The van der Waals surface area contributed by atoms with Gasteiger partial charge in [0.1, 0.15) is 0 Å². The van der Waals surface area contributed by atoms with Gasteiger partial charge in [-0.25, -0.2) is 0 Å². The molecule has 0 aliphatic rings. The minimum absolute atomic E-state index is 0.955. The van der Waals surface area contributed by atoms with Gasteiger partial charge < -0.3 is 10.2 Å². The van der Waals surface area contributed by atoms with Crippen LogP contribution in [0.15, 0.2) is 0 Å². The van der Waals surface area contributed by atoms with E-state index in [0.717, 1.165) is 31.0 Å². The molecule has 0 atom stereocenters. The molecular weight excluding hydrogens is 156 g/mol. The fraction of sp³-hybridized carbons (Fsp3) is 0.875. The molecule has 11 heavy (non-hydrogen) atoms. The molecule has 0 amide bonds. The van der Waals surface area contributed by atoms with Crippen LogP contribution in [0.25, 0.3) is 0 Å². The molecule has 0 aromatic carbocycles. The molecule has 0 radical (unpaired) electrons. The van der Waals surface area contributed by atoms with Crippen molar-refractivity contribution in [1.29, 1.82) is 0 Å². The van der Waals surface area contributed by atoms with Crippen molar-refractivity contribution < 1.29 is 0 Å². The van der Waals surface area contributed by atoms with Gasteiger partial charge in [0, 0.05) is 20.0 Å². The molecule has 2 nitrogen and oxygen atoms in total. The van der Waals surface area contributed by atoms with Gasteiger partial charge in [-0.1, -0.05) is 26.1 Å². The zero-order chi connectivity index (χ0) is 8.69. The zero-order valence-electron chi connectivity index (χ0n) is 7.68. The van der Waals surface area contributed by atoms with E-state index in [0.29, 0.717) is 0 Å². The second-order valence-corrected chi connectivity index (χ2v) is 2.94. The van der Waals surface area contributed by atoms with Gasteiger partial charge in [-0.2, -0.15) is 0 Å². The van der Waals surface area contributed by atoms with Crippen molar-refractivity contribution in [2.75, 3.05) is 26.7 Å². The first-order chi connectivity index (χ1) is 5.24. The van der Waals surface area contributed by atoms with E-state index in [1.54, 1.807) is 0 Å². The highest BCUT2D eigenvalue weighted by molar-refractivity contribution is 7.80. The van der Waals surface area contributed by atoms with E-state index in [1.165, 1.54) is 0 Å². The Labute approximate surface area is 75.0 Å². The highest BCUT2D eigenvalue weighted by atomic mass is 32.1. The molecule has 0 aromatic heterocycles. The number of thiocarbonyl (C=S) groups is 1. The number of nitrogens with zero attached hydrogens (tertiary/aromatic N) is 1. The third-order valence-corrected chi connectivity index (χ3v) is 2.24. The van der Waals surface area contributed by atoms with Crippen LogP contribution in [-0.2, 0) is 0 Å². The molecule has 66 valence electrons. The summed E-state index contributed by atoms with van der Waals surface area (Å²) in [5.74, 6) is 0. The van der Waals surface area contributed by atoms with Gasteiger partial charge in [-0.15, -0.1) is 0 Å². The maximum absolute atomic E-state index is 5.03. The van der Waals surface area contributed by atoms with Gasteiger partial charge in [0.05, 0.1) is 4.99 Å². The molecule has 0 bridgehead atoms. The van der Waals surface area contributed by atoms with Crippen molar-refractivity contribution in [2.45, 2.75) is 20.3 Å². The molecule has 0 fully saturated rings. The molecule has 0 saturated heterocycles. The SMILES string of the molecule is CCN(CC)CCC(=S)NC. The Balaban J connectivity index is 3.42. The molecule has 0 unspecified atom stereocenters. The fourth-order valence-corrected chi connectivity index (χ4v) is 1.02. The summed E-state index contributed by atoms with van der Waals surface area (Å²) in [6, 6.07) is 0. The Bertz CT molecular complexity index is 111. The average Bonchev–Trinajstić information content (AvgIpc) is 2.06. The van der Waals surface area contributed by atoms with Crippen LogP contribution in [0.3, 0.4) is 0 Å². The largest absolute Gasteiger partial charge is 0.383 e. The summed E-state index contributed by atoms with van der Waals surface area (Å²) in [5.41, 5.74) is 0. The lowest BCUT2D eigenvalue weighted by Gasteiger charge is -2.17. The molecule has 3 heteroatoms. The normalized spacial score (nSPS) is 10.2. The summed E-state index contributed by atoms with van der Waals surface area (Å²) in [4.78, 5) is 3.32. The van der Waals surface area contributed by atoms with Crippen molar-refractivity contribution in [2.24, 2.45) is 0 Å². The molecule has 0 aliphatic carbocycles. The van der Waals surface area contributed by atoms with Crippen molar-refractivity contribution in [3.05, 3.63) is 0 Å². The minimum atomic E-state index is 0.955. The summed E-state index contributed by atoms with van der Waals surface area (Å²) in [6.45, 7) is 7.65. The van der Waals surface area contributed by atoms with Gasteiger partial charge in [0.25, 0.3) is 0 Å². The van der Waals surface area contributed by atoms with Crippen molar-refractivity contribution in [3.8, 4) is 0 Å². The van der Waals surface area contributed by atoms with Gasteiger partial charge >= 0.3 is 0 Å². The fourth-order valence-electron chi connectivity index (χ4n) is 0.924. The van der Waals surface area contributed by atoms with Crippen molar-refractivity contribution in [3.63, 3.8) is 0 Å². The predicted octanol–water partition coefficient (Wildman–Crippen LogP) is 1.27. The summed E-state index contributed by atoms with van der Waals surface area (Å²) in [5, 5.41) is 2.97. The average molecular weight is 174 g/mol. The van der Waals surface area contributed by atoms with E-state index in [-0.39, 0.29) is 0 Å². The number of hydrogen-bond donors (Lipinski definition) is 1. The lowest BCUT2D eigenvalue weighted by molar-refractivity contribution is 0.313. The molecule has 1 N–H and O–H groups in total. The molecule has 0 saturated carbocycles. The maximum atomic E-state index is 5.03. The first kappa shape index (κ1) is 10.8. The number of rotatable bonds is 5. The Hall–Kier alpha value is -0.150. The molecule has 0 aromatic rings. The van der Waals surface area contributed by atoms with Crippen LogP contribution >= 0.6 is 12.2 Å². The van der Waals surface area contributed by atoms with E-state index < -0.39 is 0 Å². The molecular formula is C8H18N2S. The lowest BCUT2D eigenvalue weighted by Crippen LogP contribution is -2.28. The number of hydrogen-bond acceptors (Lipinski definition) is 2. The standard InChI is InChI=1S/C8H18N2S/c1-4-10(5-2)7-6-8(11)9-3/h4-7H2,1-3H3,(H,9,11). The molecule has 0 heterocycles. The summed E-state index contributed by atoms with van der Waals surface area (Å²) in [7, 11) is 1.88. The number of nitrogens with one attached hydrogen (secondary N) is 1. The van der Waals surface area contributed by atoms with E-state index in [4.69, 9.17) is 12.2 Å². The van der Waals surface area contributed by atoms with Crippen molar-refractivity contribution in [1.82, 2.24) is 10.2 Å². The maximum Gasteiger partial charge on any atom is 0.0763 e. The second kappa shape index (κ2) is 6.55. The summed E-state index contributed by atoms with van der Waals surface area (Å²) < 4.78 is 0. The highest BCUT2D eigenvalue weighted by Gasteiger charge is 1.99. The van der Waals surface area contributed by atoms with Crippen LogP contribution < -0.4 is 5.32 Å². The Morgan fingerprint density at radius 3 is 2.27 bits per heavy atom. The van der Waals surface area contributed by atoms with Crippen LogP contribution in [0.5, 0.6) is 0 Å². The highest BCUT2D eigenvalue weighted by Crippen LogP contribution is 1.91. The van der Waals surface area contributed by atoms with Gasteiger partial charge in [0.15, 0.2) is 0 Å². The smallest absolute Gasteiger partial charge is 0.0763 e. The Kier molecular flexibility index (Phi) is 6.46. The second-order valence-electron chi connectivity index (χ2n) is 2.45. The third-order valence-electron chi connectivity index (χ3n) is 1.83. The lowest BCUT2D eigenvalue weighted by atomic mass is 10.3. The van der Waals surface area contributed by atoms with Crippen LogP contribution in [0.1, 0.15) is 20.3 Å². The van der Waals surface area contributed by atoms with Gasteiger partial charge in [0.2, 0.25) is 0 Å². The van der Waals surface area contributed by atoms with E-state index in [2.05, 4.69) is 24.1 Å². The van der Waals surface area contributed by atoms with E-state index in [9.17, 15) is 0 Å². The van der Waals surface area contributed by atoms with Crippen LogP contribution in [0.2, 0.25) is 0 Å². The van der Waals surface area contributed by atoms with Crippen LogP contribution in [0.4, 0.5) is 0 Å². The Morgan fingerprint density at radius 2 is 1.91 bits per heavy atom. The van der Waals surface area contributed by atoms with E-state index in [1.807, 2.05) is 7.05 Å². The monoisotopic (exact) mass is 174 g/mol. The first-order valence-electron chi connectivity index (χ1n) is 4.17. The molecule has 0 spiro atoms. The van der Waals surface area contributed by atoms with Crippen LogP contribution in [-0.4, -0.2) is 36.6 Å². The van der Waals surface area contributed by atoms with Gasteiger partial charge in [-0.3, -0.25) is 0 Å². The Morgan fingerprint density at radius 1 is 1.36 bits per heavy atom. The predicted molar refractivity (Wildman–Crippen MR) is 54.1 cm³/mol.